The fraction of sp³-hybridized carbons (Fsp3) is 0.462. The molecule has 0 aliphatic heterocycles. The summed E-state index contributed by atoms with van der Waals surface area (Å²) in [7, 11) is 0. The molecule has 1 aliphatic carbocycles. The predicted molar refractivity (Wildman–Crippen MR) is 68.4 cm³/mol. The Hall–Kier alpha value is -1.55. The lowest BCUT2D eigenvalue weighted by Gasteiger charge is -2.31. The van der Waals surface area contributed by atoms with Gasteiger partial charge in [-0.25, -0.2) is 0 Å². The van der Waals surface area contributed by atoms with Crippen LogP contribution in [0.4, 0.5) is 0 Å². The number of amidine groups is 1. The van der Waals surface area contributed by atoms with Crippen LogP contribution in [0.1, 0.15) is 30.4 Å². The zero-order chi connectivity index (χ0) is 12.3. The highest BCUT2D eigenvalue weighted by Crippen LogP contribution is 2.34. The molecule has 2 unspecified atom stereocenters. The van der Waals surface area contributed by atoms with Crippen molar-refractivity contribution in [1.29, 1.82) is 0 Å². The standard InChI is InChI=1S/C13H19N3O/c1-2-12(13(14)16-17)15-8-10-7-9-5-3-4-6-11(9)10/h3-6,10,12,15,17H,2,7-8H2,1H3,(H2,14,16). The summed E-state index contributed by atoms with van der Waals surface area (Å²) in [5, 5.41) is 15.1. The molecule has 0 saturated heterocycles. The van der Waals surface area contributed by atoms with E-state index in [9.17, 15) is 0 Å². The first-order valence-electron chi connectivity index (χ1n) is 6.04. The average Bonchev–Trinajstić information content (AvgIpc) is 2.34. The number of nitrogens with zero attached hydrogens (tertiary/aromatic N) is 1. The van der Waals surface area contributed by atoms with Gasteiger partial charge < -0.3 is 16.3 Å². The number of hydrogen-bond donors (Lipinski definition) is 3. The molecule has 0 heterocycles. The Balaban J connectivity index is 1.89. The molecule has 0 amide bonds. The first kappa shape index (κ1) is 11.9. The second-order valence-electron chi connectivity index (χ2n) is 4.49. The number of rotatable bonds is 5. The Morgan fingerprint density at radius 1 is 1.59 bits per heavy atom. The van der Waals surface area contributed by atoms with Crippen molar-refractivity contribution < 1.29 is 5.21 Å². The van der Waals surface area contributed by atoms with Crippen LogP contribution in [-0.4, -0.2) is 23.6 Å². The molecule has 0 saturated carbocycles. The van der Waals surface area contributed by atoms with E-state index < -0.39 is 0 Å². The van der Waals surface area contributed by atoms with Gasteiger partial charge in [0.05, 0.1) is 6.04 Å². The summed E-state index contributed by atoms with van der Waals surface area (Å²) < 4.78 is 0. The Morgan fingerprint density at radius 3 is 3.00 bits per heavy atom. The molecule has 0 aromatic heterocycles. The lowest BCUT2D eigenvalue weighted by Crippen LogP contribution is -2.44. The van der Waals surface area contributed by atoms with Gasteiger partial charge in [0.25, 0.3) is 0 Å². The molecule has 4 heteroatoms. The van der Waals surface area contributed by atoms with Crippen molar-refractivity contribution in [1.82, 2.24) is 5.32 Å². The van der Waals surface area contributed by atoms with E-state index in [1.54, 1.807) is 0 Å². The highest BCUT2D eigenvalue weighted by atomic mass is 16.4. The van der Waals surface area contributed by atoms with Gasteiger partial charge in [0.1, 0.15) is 0 Å². The maximum Gasteiger partial charge on any atom is 0.156 e. The normalized spacial score (nSPS) is 20.5. The van der Waals surface area contributed by atoms with Crippen LogP contribution in [0, 0.1) is 0 Å². The zero-order valence-corrected chi connectivity index (χ0v) is 10.1. The molecule has 4 N–H and O–H groups in total. The Morgan fingerprint density at radius 2 is 2.35 bits per heavy atom. The fourth-order valence-corrected chi connectivity index (χ4v) is 2.36. The summed E-state index contributed by atoms with van der Waals surface area (Å²) in [6.45, 7) is 2.90. The maximum absolute atomic E-state index is 8.65. The highest BCUT2D eigenvalue weighted by Gasteiger charge is 2.26. The van der Waals surface area contributed by atoms with E-state index >= 15 is 0 Å². The summed E-state index contributed by atoms with van der Waals surface area (Å²) >= 11 is 0. The number of oxime groups is 1. The van der Waals surface area contributed by atoms with E-state index in [-0.39, 0.29) is 11.9 Å². The van der Waals surface area contributed by atoms with Gasteiger partial charge in [-0.3, -0.25) is 0 Å². The quantitative estimate of drug-likeness (QED) is 0.312. The minimum atomic E-state index is -0.0345. The molecule has 0 radical (unpaired) electrons. The van der Waals surface area contributed by atoms with E-state index in [1.165, 1.54) is 11.1 Å². The number of nitrogens with two attached hydrogens (primary N) is 1. The van der Waals surface area contributed by atoms with E-state index in [4.69, 9.17) is 10.9 Å². The monoisotopic (exact) mass is 233 g/mol. The van der Waals surface area contributed by atoms with E-state index in [0.717, 1.165) is 19.4 Å². The van der Waals surface area contributed by atoms with Gasteiger partial charge in [-0.15, -0.1) is 0 Å². The molecule has 4 nitrogen and oxygen atoms in total. The van der Waals surface area contributed by atoms with Crippen LogP contribution in [-0.2, 0) is 6.42 Å². The molecule has 1 aromatic rings. The minimum absolute atomic E-state index is 0.0345. The van der Waals surface area contributed by atoms with Crippen LogP contribution in [0.25, 0.3) is 0 Å². The third kappa shape index (κ3) is 2.42. The van der Waals surface area contributed by atoms with E-state index in [1.807, 2.05) is 6.92 Å². The van der Waals surface area contributed by atoms with E-state index in [2.05, 4.69) is 34.7 Å². The van der Waals surface area contributed by atoms with Crippen molar-refractivity contribution in [2.75, 3.05) is 6.54 Å². The minimum Gasteiger partial charge on any atom is -0.409 e. The van der Waals surface area contributed by atoms with Crippen LogP contribution >= 0.6 is 0 Å². The van der Waals surface area contributed by atoms with Gasteiger partial charge in [0.2, 0.25) is 0 Å². The number of fused-ring (bicyclic) bond motifs is 1. The van der Waals surface area contributed by atoms with Gasteiger partial charge in [0, 0.05) is 12.5 Å². The maximum atomic E-state index is 8.65. The van der Waals surface area contributed by atoms with Crippen LogP contribution in [0.5, 0.6) is 0 Å². The smallest absolute Gasteiger partial charge is 0.156 e. The molecule has 2 rings (SSSR count). The van der Waals surface area contributed by atoms with Crippen LogP contribution < -0.4 is 11.1 Å². The summed E-state index contributed by atoms with van der Waals surface area (Å²) in [5.41, 5.74) is 8.47. The lowest BCUT2D eigenvalue weighted by molar-refractivity contribution is 0.314. The molecule has 0 fully saturated rings. The molecule has 0 spiro atoms. The number of benzene rings is 1. The molecule has 17 heavy (non-hydrogen) atoms. The van der Waals surface area contributed by atoms with Crippen molar-refractivity contribution in [3.05, 3.63) is 35.4 Å². The molecule has 2 atom stereocenters. The zero-order valence-electron chi connectivity index (χ0n) is 10.1. The van der Waals surface area contributed by atoms with Crippen molar-refractivity contribution in [2.45, 2.75) is 31.7 Å². The van der Waals surface area contributed by atoms with Crippen molar-refractivity contribution in [2.24, 2.45) is 10.9 Å². The Labute approximate surface area is 102 Å². The van der Waals surface area contributed by atoms with E-state index in [0.29, 0.717) is 5.92 Å². The largest absolute Gasteiger partial charge is 0.409 e. The van der Waals surface area contributed by atoms with Crippen LogP contribution in [0.15, 0.2) is 29.4 Å². The Bertz CT molecular complexity index is 417. The van der Waals surface area contributed by atoms with Gasteiger partial charge >= 0.3 is 0 Å². The highest BCUT2D eigenvalue weighted by molar-refractivity contribution is 5.85. The summed E-state index contributed by atoms with van der Waals surface area (Å²) in [4.78, 5) is 0. The van der Waals surface area contributed by atoms with Gasteiger partial charge in [-0.1, -0.05) is 36.3 Å². The molecule has 1 aliphatic rings. The van der Waals surface area contributed by atoms with Crippen LogP contribution in [0.2, 0.25) is 0 Å². The molecule has 0 bridgehead atoms. The SMILES string of the molecule is CCC(NCC1Cc2ccccc21)/C(N)=N/O. The first-order valence-corrected chi connectivity index (χ1v) is 6.04. The lowest BCUT2D eigenvalue weighted by atomic mass is 9.77. The summed E-state index contributed by atoms with van der Waals surface area (Å²) in [6.07, 6.45) is 1.94. The van der Waals surface area contributed by atoms with Crippen molar-refractivity contribution >= 4 is 5.84 Å². The molecular weight excluding hydrogens is 214 g/mol. The second-order valence-corrected chi connectivity index (χ2v) is 4.49. The van der Waals surface area contributed by atoms with Gasteiger partial charge in [-0.05, 0) is 24.0 Å². The first-order chi connectivity index (χ1) is 8.26. The molecule has 92 valence electrons. The topological polar surface area (TPSA) is 70.6 Å². The fourth-order valence-electron chi connectivity index (χ4n) is 2.36. The average molecular weight is 233 g/mol. The van der Waals surface area contributed by atoms with Crippen molar-refractivity contribution in [3.8, 4) is 0 Å². The Kier molecular flexibility index (Phi) is 3.64. The summed E-state index contributed by atoms with van der Waals surface area (Å²) in [6, 6.07) is 8.47. The van der Waals surface area contributed by atoms with Crippen molar-refractivity contribution in [3.63, 3.8) is 0 Å². The third-order valence-corrected chi connectivity index (χ3v) is 3.45. The third-order valence-electron chi connectivity index (χ3n) is 3.45. The molecular formula is C13H19N3O. The second kappa shape index (κ2) is 5.19. The van der Waals surface area contributed by atoms with Crippen LogP contribution in [0.3, 0.4) is 0 Å². The molecule has 1 aromatic carbocycles. The summed E-state index contributed by atoms with van der Waals surface area (Å²) in [5.74, 6) is 0.826. The number of hydrogen-bond acceptors (Lipinski definition) is 3. The van der Waals surface area contributed by atoms with Gasteiger partial charge in [0.15, 0.2) is 5.84 Å². The van der Waals surface area contributed by atoms with Gasteiger partial charge in [-0.2, -0.15) is 0 Å². The predicted octanol–water partition coefficient (Wildman–Crippen LogP) is 1.44. The number of nitrogens with one attached hydrogen (secondary N) is 1.